The van der Waals surface area contributed by atoms with E-state index in [9.17, 15) is 4.79 Å². The van der Waals surface area contributed by atoms with E-state index in [1.165, 1.54) is 23.1 Å². The Hall–Kier alpha value is -0.620. The van der Waals surface area contributed by atoms with Gasteiger partial charge in [-0.1, -0.05) is 50.8 Å². The molecule has 0 bridgehead atoms. The van der Waals surface area contributed by atoms with E-state index in [-0.39, 0.29) is 5.91 Å². The summed E-state index contributed by atoms with van der Waals surface area (Å²) >= 11 is 2.95. The molecule has 0 atom stereocenters. The molecule has 0 aliphatic heterocycles. The first-order chi connectivity index (χ1) is 8.49. The molecule has 0 fully saturated rings. The van der Waals surface area contributed by atoms with Gasteiger partial charge in [0.25, 0.3) is 0 Å². The summed E-state index contributed by atoms with van der Waals surface area (Å²) in [7, 11) is 0. The number of rotatable bonds is 7. The number of amides is 1. The van der Waals surface area contributed by atoms with Crippen molar-refractivity contribution in [3.8, 4) is 0 Å². The van der Waals surface area contributed by atoms with E-state index < -0.39 is 0 Å². The van der Waals surface area contributed by atoms with Gasteiger partial charge in [0.15, 0.2) is 4.34 Å². The summed E-state index contributed by atoms with van der Waals surface area (Å²) < 4.78 is 0.859. The molecule has 0 N–H and O–H groups in total. The predicted molar refractivity (Wildman–Crippen MR) is 76.9 cm³/mol. The van der Waals surface area contributed by atoms with Crippen LogP contribution in [0.25, 0.3) is 0 Å². The minimum Gasteiger partial charge on any atom is -0.341 e. The Bertz CT molecular complexity index is 342. The van der Waals surface area contributed by atoms with Gasteiger partial charge in [-0.3, -0.25) is 4.79 Å². The molecule has 18 heavy (non-hydrogen) atoms. The highest BCUT2D eigenvalue weighted by Crippen LogP contribution is 2.19. The average molecular weight is 287 g/mol. The van der Waals surface area contributed by atoms with Crippen LogP contribution in [0.4, 0.5) is 0 Å². The number of hydrogen-bond acceptors (Lipinski definition) is 5. The van der Waals surface area contributed by atoms with Crippen molar-refractivity contribution < 1.29 is 4.79 Å². The minimum atomic E-state index is 0.192. The molecule has 0 saturated carbocycles. The zero-order valence-corrected chi connectivity index (χ0v) is 13.1. The van der Waals surface area contributed by atoms with Crippen LogP contribution >= 0.6 is 23.1 Å². The van der Waals surface area contributed by atoms with Gasteiger partial charge in [0.2, 0.25) is 5.91 Å². The third-order valence-electron chi connectivity index (χ3n) is 2.18. The monoisotopic (exact) mass is 287 g/mol. The molecule has 6 heteroatoms. The van der Waals surface area contributed by atoms with E-state index in [0.29, 0.717) is 17.6 Å². The summed E-state index contributed by atoms with van der Waals surface area (Å²) in [6, 6.07) is 0. The van der Waals surface area contributed by atoms with Gasteiger partial charge < -0.3 is 4.90 Å². The fourth-order valence-electron chi connectivity index (χ4n) is 1.60. The Morgan fingerprint density at radius 2 is 1.94 bits per heavy atom. The van der Waals surface area contributed by atoms with Crippen LogP contribution in [0.5, 0.6) is 0 Å². The van der Waals surface area contributed by atoms with Gasteiger partial charge >= 0.3 is 0 Å². The van der Waals surface area contributed by atoms with E-state index >= 15 is 0 Å². The third kappa shape index (κ3) is 5.82. The first kappa shape index (κ1) is 15.4. The van der Waals surface area contributed by atoms with Gasteiger partial charge in [-0.25, -0.2) is 0 Å². The van der Waals surface area contributed by atoms with Crippen LogP contribution in [0.2, 0.25) is 0 Å². The number of carbonyl (C=O) groups excluding carboxylic acids is 1. The lowest BCUT2D eigenvalue weighted by Gasteiger charge is -2.26. The topological polar surface area (TPSA) is 46.1 Å². The van der Waals surface area contributed by atoms with E-state index in [0.717, 1.165) is 17.4 Å². The molecular formula is C12H21N3OS2. The lowest BCUT2D eigenvalue weighted by Crippen LogP contribution is -2.38. The van der Waals surface area contributed by atoms with Crippen molar-refractivity contribution in [3.63, 3.8) is 0 Å². The van der Waals surface area contributed by atoms with E-state index in [1.807, 2.05) is 4.90 Å². The molecule has 0 saturated heterocycles. The molecule has 102 valence electrons. The molecule has 1 amide bonds. The highest BCUT2D eigenvalue weighted by Gasteiger charge is 2.16. The summed E-state index contributed by atoms with van der Waals surface area (Å²) in [5.41, 5.74) is 1.69. The molecule has 0 radical (unpaired) electrons. The molecule has 0 spiro atoms. The number of carbonyl (C=O) groups is 1. The molecule has 0 aliphatic rings. The fourth-order valence-corrected chi connectivity index (χ4v) is 2.99. The molecule has 0 aliphatic carbocycles. The molecule has 0 unspecified atom stereocenters. The van der Waals surface area contributed by atoms with Crippen molar-refractivity contribution in [1.29, 1.82) is 0 Å². The molecule has 1 aromatic heterocycles. The average Bonchev–Trinajstić information content (AvgIpc) is 2.76. The SMILES string of the molecule is CC(C)CN(CC(C)C)C(=O)CSc1nncs1. The molecule has 1 aromatic rings. The van der Waals surface area contributed by atoms with Gasteiger partial charge in [0.1, 0.15) is 5.51 Å². The number of hydrogen-bond donors (Lipinski definition) is 0. The van der Waals surface area contributed by atoms with E-state index in [4.69, 9.17) is 0 Å². The summed E-state index contributed by atoms with van der Waals surface area (Å²) in [6.45, 7) is 10.2. The molecule has 0 aromatic carbocycles. The smallest absolute Gasteiger partial charge is 0.233 e. The molecule has 1 heterocycles. The maximum absolute atomic E-state index is 12.2. The maximum Gasteiger partial charge on any atom is 0.233 e. The van der Waals surface area contributed by atoms with E-state index in [2.05, 4.69) is 37.9 Å². The zero-order chi connectivity index (χ0) is 13.5. The normalized spacial score (nSPS) is 11.2. The van der Waals surface area contributed by atoms with Crippen molar-refractivity contribution in [3.05, 3.63) is 5.51 Å². The Kier molecular flexibility index (Phi) is 6.63. The second-order valence-electron chi connectivity index (χ2n) is 5.08. The van der Waals surface area contributed by atoms with Crippen LogP contribution in [-0.2, 0) is 4.79 Å². The lowest BCUT2D eigenvalue weighted by atomic mass is 10.1. The number of thioether (sulfide) groups is 1. The Morgan fingerprint density at radius 1 is 1.33 bits per heavy atom. The second kappa shape index (κ2) is 7.74. The minimum absolute atomic E-state index is 0.192. The van der Waals surface area contributed by atoms with Crippen LogP contribution < -0.4 is 0 Å². The van der Waals surface area contributed by atoms with Crippen molar-refractivity contribution in [2.75, 3.05) is 18.8 Å². The summed E-state index contributed by atoms with van der Waals surface area (Å²) in [4.78, 5) is 14.1. The quantitative estimate of drug-likeness (QED) is 0.723. The first-order valence-electron chi connectivity index (χ1n) is 6.15. The lowest BCUT2D eigenvalue weighted by molar-refractivity contribution is -0.129. The Morgan fingerprint density at radius 3 is 2.39 bits per heavy atom. The largest absolute Gasteiger partial charge is 0.341 e. The zero-order valence-electron chi connectivity index (χ0n) is 11.4. The van der Waals surface area contributed by atoms with Crippen LogP contribution in [0, 0.1) is 11.8 Å². The van der Waals surface area contributed by atoms with Crippen LogP contribution in [-0.4, -0.2) is 39.8 Å². The second-order valence-corrected chi connectivity index (χ2v) is 7.14. The van der Waals surface area contributed by atoms with Crippen molar-refractivity contribution in [1.82, 2.24) is 15.1 Å². The molecular weight excluding hydrogens is 266 g/mol. The van der Waals surface area contributed by atoms with Gasteiger partial charge in [0, 0.05) is 13.1 Å². The Labute approximate surface area is 117 Å². The summed E-state index contributed by atoms with van der Waals surface area (Å²) in [5.74, 6) is 1.64. The van der Waals surface area contributed by atoms with Crippen molar-refractivity contribution in [2.45, 2.75) is 32.0 Å². The highest BCUT2D eigenvalue weighted by molar-refractivity contribution is 8.01. The van der Waals surface area contributed by atoms with E-state index in [1.54, 1.807) is 5.51 Å². The highest BCUT2D eigenvalue weighted by atomic mass is 32.2. The number of aromatic nitrogens is 2. The standard InChI is InChI=1S/C12H21N3OS2/c1-9(2)5-15(6-10(3)4)11(16)7-17-12-14-13-8-18-12/h8-10H,5-7H2,1-4H3. The van der Waals surface area contributed by atoms with Gasteiger partial charge in [-0.2, -0.15) is 0 Å². The Balaban J connectivity index is 2.47. The van der Waals surface area contributed by atoms with Crippen molar-refractivity contribution >= 4 is 29.0 Å². The number of nitrogens with zero attached hydrogens (tertiary/aromatic N) is 3. The van der Waals surface area contributed by atoms with Gasteiger partial charge in [-0.05, 0) is 11.8 Å². The van der Waals surface area contributed by atoms with Crippen LogP contribution in [0.1, 0.15) is 27.7 Å². The summed E-state index contributed by atoms with van der Waals surface area (Å²) in [6.07, 6.45) is 0. The molecule has 4 nitrogen and oxygen atoms in total. The fraction of sp³-hybridized carbons (Fsp3) is 0.750. The van der Waals surface area contributed by atoms with Crippen LogP contribution in [0.3, 0.4) is 0 Å². The maximum atomic E-state index is 12.2. The van der Waals surface area contributed by atoms with Gasteiger partial charge in [-0.15, -0.1) is 10.2 Å². The van der Waals surface area contributed by atoms with Gasteiger partial charge in [0.05, 0.1) is 5.75 Å². The third-order valence-corrected chi connectivity index (χ3v) is 4.03. The first-order valence-corrected chi connectivity index (χ1v) is 8.02. The summed E-state index contributed by atoms with van der Waals surface area (Å²) in [5, 5.41) is 7.69. The predicted octanol–water partition coefficient (Wildman–Crippen LogP) is 2.77. The van der Waals surface area contributed by atoms with Crippen LogP contribution in [0.15, 0.2) is 9.85 Å². The molecule has 1 rings (SSSR count). The van der Waals surface area contributed by atoms with Crippen molar-refractivity contribution in [2.24, 2.45) is 11.8 Å².